The minimum absolute atomic E-state index is 0.0506. The number of carbonyl (C=O) groups excluding carboxylic acids is 2. The van der Waals surface area contributed by atoms with Gasteiger partial charge in [0.25, 0.3) is 5.91 Å². The van der Waals surface area contributed by atoms with E-state index in [1.54, 1.807) is 38.1 Å². The first kappa shape index (κ1) is 20.2. The number of carbonyl (C=O) groups is 2. The van der Waals surface area contributed by atoms with Crippen LogP contribution in [-0.2, 0) is 14.8 Å². The highest BCUT2D eigenvalue weighted by Crippen LogP contribution is 2.37. The lowest BCUT2D eigenvalue weighted by Gasteiger charge is -2.18. The van der Waals surface area contributed by atoms with Crippen molar-refractivity contribution in [3.05, 3.63) is 53.1 Å². The number of hydrogen-bond acceptors (Lipinski definition) is 5. The lowest BCUT2D eigenvalue weighted by molar-refractivity contribution is -0.123. The van der Waals surface area contributed by atoms with Gasteiger partial charge < -0.3 is 10.1 Å². The summed E-state index contributed by atoms with van der Waals surface area (Å²) in [5.74, 6) is -0.821. The molecule has 0 saturated carbocycles. The molecule has 1 saturated heterocycles. The summed E-state index contributed by atoms with van der Waals surface area (Å²) < 4.78 is 30.8. The first-order valence-electron chi connectivity index (χ1n) is 8.37. The van der Waals surface area contributed by atoms with Crippen molar-refractivity contribution in [1.82, 2.24) is 0 Å². The van der Waals surface area contributed by atoms with Crippen molar-refractivity contribution in [2.45, 2.75) is 13.8 Å². The van der Waals surface area contributed by atoms with E-state index in [1.165, 1.54) is 25.3 Å². The van der Waals surface area contributed by atoms with Crippen LogP contribution in [-0.4, -0.2) is 33.1 Å². The Hall–Kier alpha value is -2.58. The molecule has 0 spiro atoms. The third-order valence-electron chi connectivity index (χ3n) is 4.34. The topological polar surface area (TPSA) is 92.8 Å². The Kier molecular flexibility index (Phi) is 5.12. The summed E-state index contributed by atoms with van der Waals surface area (Å²) in [6, 6.07) is 10.8. The number of anilines is 2. The van der Waals surface area contributed by atoms with Crippen molar-refractivity contribution in [2.24, 2.45) is 5.41 Å². The van der Waals surface area contributed by atoms with Crippen LogP contribution in [0.2, 0.25) is 5.02 Å². The first-order valence-corrected chi connectivity index (χ1v) is 10.4. The average Bonchev–Trinajstić information content (AvgIpc) is 2.78. The Bertz CT molecular complexity index is 1070. The third-order valence-corrected chi connectivity index (χ3v) is 6.69. The van der Waals surface area contributed by atoms with Crippen LogP contribution in [0.1, 0.15) is 24.2 Å². The fourth-order valence-electron chi connectivity index (χ4n) is 2.97. The maximum absolute atomic E-state index is 12.7. The molecule has 7 nitrogen and oxygen atoms in total. The molecular formula is C19H19ClN2O5S. The highest BCUT2D eigenvalue weighted by molar-refractivity contribution is 7.94. The molecule has 28 heavy (non-hydrogen) atoms. The summed E-state index contributed by atoms with van der Waals surface area (Å²) in [6.45, 7) is 3.14. The molecule has 1 aliphatic heterocycles. The van der Waals surface area contributed by atoms with Crippen LogP contribution in [0.3, 0.4) is 0 Å². The van der Waals surface area contributed by atoms with E-state index in [0.717, 1.165) is 4.31 Å². The van der Waals surface area contributed by atoms with Crippen molar-refractivity contribution in [1.29, 1.82) is 0 Å². The third kappa shape index (κ3) is 3.70. The zero-order valence-corrected chi connectivity index (χ0v) is 17.1. The molecule has 1 fully saturated rings. The quantitative estimate of drug-likeness (QED) is 0.815. The number of nitrogens with zero attached hydrogens (tertiary/aromatic N) is 1. The number of rotatable bonds is 4. The maximum Gasteiger partial charge on any atom is 0.257 e. The lowest BCUT2D eigenvalue weighted by atomic mass is 9.95. The predicted molar refractivity (Wildman–Crippen MR) is 107 cm³/mol. The van der Waals surface area contributed by atoms with Gasteiger partial charge in [0.15, 0.2) is 0 Å². The van der Waals surface area contributed by atoms with Gasteiger partial charge >= 0.3 is 0 Å². The molecular weight excluding hydrogens is 404 g/mol. The Morgan fingerprint density at radius 1 is 1.21 bits per heavy atom. The molecule has 2 amide bonds. The monoisotopic (exact) mass is 422 g/mol. The van der Waals surface area contributed by atoms with Crippen molar-refractivity contribution < 1.29 is 22.7 Å². The van der Waals surface area contributed by atoms with E-state index < -0.39 is 27.3 Å². The Balaban J connectivity index is 1.96. The fraction of sp³-hybridized carbons (Fsp3) is 0.263. The van der Waals surface area contributed by atoms with Gasteiger partial charge in [0.2, 0.25) is 15.9 Å². The minimum Gasteiger partial charge on any atom is -0.497 e. The lowest BCUT2D eigenvalue weighted by Crippen LogP contribution is -2.33. The van der Waals surface area contributed by atoms with Crippen LogP contribution in [0, 0.1) is 5.41 Å². The van der Waals surface area contributed by atoms with Crippen molar-refractivity contribution in [3.63, 3.8) is 0 Å². The van der Waals surface area contributed by atoms with E-state index >= 15 is 0 Å². The van der Waals surface area contributed by atoms with E-state index in [-0.39, 0.29) is 22.0 Å². The highest BCUT2D eigenvalue weighted by Gasteiger charge is 2.50. The standard InChI is InChI=1S/C19H19ClN2O5S/c1-19(2)11-28(25,26)22(18(19)24)13-7-8-16(20)15(10-13)17(23)21-12-5-4-6-14(9-12)27-3/h4-10H,11H2,1-3H3,(H,21,23). The van der Waals surface area contributed by atoms with Gasteiger partial charge in [0.05, 0.1) is 34.6 Å². The number of methoxy groups -OCH3 is 1. The molecule has 1 aliphatic rings. The molecule has 148 valence electrons. The van der Waals surface area contributed by atoms with Gasteiger partial charge in [0, 0.05) is 11.8 Å². The maximum atomic E-state index is 12.7. The van der Waals surface area contributed by atoms with E-state index in [9.17, 15) is 18.0 Å². The largest absolute Gasteiger partial charge is 0.497 e. The SMILES string of the molecule is COc1cccc(NC(=O)c2cc(N3C(=O)C(C)(C)CS3(=O)=O)ccc2Cl)c1. The van der Waals surface area contributed by atoms with Gasteiger partial charge in [-0.05, 0) is 44.2 Å². The van der Waals surface area contributed by atoms with Gasteiger partial charge in [-0.25, -0.2) is 12.7 Å². The van der Waals surface area contributed by atoms with Crippen LogP contribution in [0.25, 0.3) is 0 Å². The second kappa shape index (κ2) is 7.10. The number of ether oxygens (including phenoxy) is 1. The molecule has 0 radical (unpaired) electrons. The van der Waals surface area contributed by atoms with E-state index in [2.05, 4.69) is 5.32 Å². The van der Waals surface area contributed by atoms with Crippen LogP contribution in [0.4, 0.5) is 11.4 Å². The zero-order chi connectivity index (χ0) is 20.7. The average molecular weight is 423 g/mol. The van der Waals surface area contributed by atoms with Crippen molar-refractivity contribution >= 4 is 44.8 Å². The molecule has 0 aliphatic carbocycles. The summed E-state index contributed by atoms with van der Waals surface area (Å²) in [7, 11) is -2.32. The summed E-state index contributed by atoms with van der Waals surface area (Å²) in [4.78, 5) is 25.3. The molecule has 2 aromatic rings. The molecule has 9 heteroatoms. The van der Waals surface area contributed by atoms with Gasteiger partial charge in [-0.1, -0.05) is 17.7 Å². The molecule has 0 aromatic heterocycles. The molecule has 1 N–H and O–H groups in total. The minimum atomic E-state index is -3.83. The summed E-state index contributed by atoms with van der Waals surface area (Å²) in [5, 5.41) is 2.82. The van der Waals surface area contributed by atoms with Gasteiger partial charge in [-0.3, -0.25) is 9.59 Å². The number of benzene rings is 2. The van der Waals surface area contributed by atoms with Gasteiger partial charge in [0.1, 0.15) is 5.75 Å². The van der Waals surface area contributed by atoms with Gasteiger partial charge in [-0.15, -0.1) is 0 Å². The highest BCUT2D eigenvalue weighted by atomic mass is 35.5. The second-order valence-electron chi connectivity index (χ2n) is 7.06. The number of sulfonamides is 1. The number of nitrogens with one attached hydrogen (secondary N) is 1. The van der Waals surface area contributed by atoms with Crippen LogP contribution < -0.4 is 14.4 Å². The Morgan fingerprint density at radius 3 is 2.54 bits per heavy atom. The van der Waals surface area contributed by atoms with Crippen LogP contribution in [0.5, 0.6) is 5.75 Å². The predicted octanol–water partition coefficient (Wildman–Crippen LogP) is 3.30. The molecule has 3 rings (SSSR count). The van der Waals surface area contributed by atoms with Gasteiger partial charge in [-0.2, -0.15) is 0 Å². The van der Waals surface area contributed by atoms with Crippen molar-refractivity contribution in [3.8, 4) is 5.75 Å². The smallest absolute Gasteiger partial charge is 0.257 e. The molecule has 1 heterocycles. The molecule has 0 atom stereocenters. The number of amides is 2. The fourth-order valence-corrected chi connectivity index (χ4v) is 5.28. The Morgan fingerprint density at radius 2 is 1.93 bits per heavy atom. The molecule has 0 unspecified atom stereocenters. The summed E-state index contributed by atoms with van der Waals surface area (Å²) in [5.41, 5.74) is -0.427. The number of halogens is 1. The van der Waals surface area contributed by atoms with E-state index in [1.807, 2.05) is 0 Å². The normalized spacial score (nSPS) is 17.4. The molecule has 0 bridgehead atoms. The van der Waals surface area contributed by atoms with E-state index in [4.69, 9.17) is 16.3 Å². The number of hydrogen-bond donors (Lipinski definition) is 1. The van der Waals surface area contributed by atoms with Crippen LogP contribution in [0.15, 0.2) is 42.5 Å². The van der Waals surface area contributed by atoms with Crippen molar-refractivity contribution in [2.75, 3.05) is 22.5 Å². The van der Waals surface area contributed by atoms with Crippen LogP contribution >= 0.6 is 11.6 Å². The summed E-state index contributed by atoms with van der Waals surface area (Å²) >= 11 is 6.15. The first-order chi connectivity index (χ1) is 13.0. The zero-order valence-electron chi connectivity index (χ0n) is 15.5. The van der Waals surface area contributed by atoms with E-state index in [0.29, 0.717) is 11.4 Å². The second-order valence-corrected chi connectivity index (χ2v) is 9.28. The Labute approximate surface area is 168 Å². The molecule has 2 aromatic carbocycles. The summed E-state index contributed by atoms with van der Waals surface area (Å²) in [6.07, 6.45) is 0.